The molecule has 0 atom stereocenters. The van der Waals surface area contributed by atoms with Crippen LogP contribution in [0.25, 0.3) is 0 Å². The molecule has 210 valence electrons. The van der Waals surface area contributed by atoms with Gasteiger partial charge in [-0.05, 0) is 12.8 Å². The first-order valence-corrected chi connectivity index (χ1v) is 16.9. The number of rotatable bonds is 28. The Morgan fingerprint density at radius 2 is 0.778 bits per heavy atom. The summed E-state index contributed by atoms with van der Waals surface area (Å²) in [5.74, 6) is 0. The first-order chi connectivity index (χ1) is 17.9. The van der Waals surface area contributed by atoms with Gasteiger partial charge >= 0.3 is 0 Å². The maximum absolute atomic E-state index is 2.54. The molecule has 1 rings (SSSR count). The second-order valence-corrected chi connectivity index (χ2v) is 11.6. The Morgan fingerprint density at radius 1 is 0.417 bits per heavy atom. The molecule has 0 fully saturated rings. The van der Waals surface area contributed by atoms with Crippen LogP contribution in [0.3, 0.4) is 0 Å². The van der Waals surface area contributed by atoms with E-state index in [0.29, 0.717) is 0 Å². The lowest BCUT2D eigenvalue weighted by Gasteiger charge is -2.05. The first kappa shape index (κ1) is 33.2. The summed E-state index contributed by atoms with van der Waals surface area (Å²) >= 11 is 0. The van der Waals surface area contributed by atoms with Gasteiger partial charge < -0.3 is 0 Å². The van der Waals surface area contributed by atoms with E-state index < -0.39 is 0 Å². The Morgan fingerprint density at radius 3 is 1.19 bits per heavy atom. The standard InChI is InChI=1S/C35H66N/c1-3-5-7-9-11-13-15-17-18-19-21-23-25-27-31-35-32-28-30-34-36(35)33-29-26-24-22-20-16-14-12-10-8-6-4-2/h28,30,32,34H,3-27,29,31,33H2,1-2H3/q+1. The third kappa shape index (κ3) is 21.3. The lowest BCUT2D eigenvalue weighted by molar-refractivity contribution is -0.704. The first-order valence-electron chi connectivity index (χ1n) is 16.9. The van der Waals surface area contributed by atoms with Gasteiger partial charge in [-0.15, -0.1) is 0 Å². The molecule has 0 aromatic carbocycles. The second-order valence-electron chi connectivity index (χ2n) is 11.6. The SMILES string of the molecule is CCCCCCCCCCCCCCCCc1cccc[n+]1CCCCCCCCCCCCCC. The number of hydrogen-bond acceptors (Lipinski definition) is 0. The molecular formula is C35H66N+. The highest BCUT2D eigenvalue weighted by Crippen LogP contribution is 2.14. The van der Waals surface area contributed by atoms with Crippen molar-refractivity contribution in [2.24, 2.45) is 0 Å². The molecule has 0 saturated heterocycles. The monoisotopic (exact) mass is 501 g/mol. The van der Waals surface area contributed by atoms with Gasteiger partial charge in [0, 0.05) is 25.0 Å². The third-order valence-electron chi connectivity index (χ3n) is 8.07. The molecule has 1 nitrogen and oxygen atoms in total. The lowest BCUT2D eigenvalue weighted by atomic mass is 10.0. The average molecular weight is 501 g/mol. The van der Waals surface area contributed by atoms with Crippen molar-refractivity contribution in [2.45, 2.75) is 194 Å². The summed E-state index contributed by atoms with van der Waals surface area (Å²) in [5.41, 5.74) is 1.56. The zero-order chi connectivity index (χ0) is 25.8. The minimum atomic E-state index is 1.21. The molecule has 0 unspecified atom stereocenters. The maximum Gasteiger partial charge on any atom is 0.181 e. The molecule has 1 heteroatoms. The third-order valence-corrected chi connectivity index (χ3v) is 8.07. The van der Waals surface area contributed by atoms with Crippen LogP contribution < -0.4 is 4.57 Å². The van der Waals surface area contributed by atoms with Crippen molar-refractivity contribution in [3.63, 3.8) is 0 Å². The molecule has 0 saturated carbocycles. The van der Waals surface area contributed by atoms with Crippen LogP contribution in [0.2, 0.25) is 0 Å². The van der Waals surface area contributed by atoms with Crippen LogP contribution in [0.4, 0.5) is 0 Å². The minimum absolute atomic E-state index is 1.21. The Kier molecular flexibility index (Phi) is 25.1. The van der Waals surface area contributed by atoms with Crippen molar-refractivity contribution < 1.29 is 4.57 Å². The Labute approximate surface area is 228 Å². The van der Waals surface area contributed by atoms with Gasteiger partial charge in [0.1, 0.15) is 6.54 Å². The van der Waals surface area contributed by atoms with Crippen LogP contribution >= 0.6 is 0 Å². The number of aromatic nitrogens is 1. The van der Waals surface area contributed by atoms with Gasteiger partial charge in [-0.3, -0.25) is 0 Å². The van der Waals surface area contributed by atoms with Gasteiger partial charge in [-0.2, -0.15) is 0 Å². The van der Waals surface area contributed by atoms with E-state index in [4.69, 9.17) is 0 Å². The summed E-state index contributed by atoms with van der Waals surface area (Å²) in [6.45, 7) is 5.82. The number of pyridine rings is 1. The highest BCUT2D eigenvalue weighted by Gasteiger charge is 2.08. The highest BCUT2D eigenvalue weighted by molar-refractivity contribution is 4.97. The van der Waals surface area contributed by atoms with E-state index in [1.54, 1.807) is 5.69 Å². The van der Waals surface area contributed by atoms with Gasteiger partial charge in [0.2, 0.25) is 0 Å². The molecule has 0 N–H and O–H groups in total. The normalized spacial score (nSPS) is 11.4. The average Bonchev–Trinajstić information content (AvgIpc) is 2.90. The van der Waals surface area contributed by atoms with E-state index >= 15 is 0 Å². The van der Waals surface area contributed by atoms with E-state index in [9.17, 15) is 0 Å². The van der Waals surface area contributed by atoms with Crippen molar-refractivity contribution >= 4 is 0 Å². The van der Waals surface area contributed by atoms with Gasteiger partial charge in [-0.1, -0.05) is 168 Å². The summed E-state index contributed by atoms with van der Waals surface area (Å²) in [5, 5.41) is 0. The lowest BCUT2D eigenvalue weighted by Crippen LogP contribution is -2.37. The predicted molar refractivity (Wildman–Crippen MR) is 162 cm³/mol. The number of hydrogen-bond donors (Lipinski definition) is 0. The zero-order valence-corrected chi connectivity index (χ0v) is 25.1. The van der Waals surface area contributed by atoms with Crippen LogP contribution in [0.15, 0.2) is 24.4 Å². The molecule has 0 radical (unpaired) electrons. The highest BCUT2D eigenvalue weighted by atomic mass is 14.9. The minimum Gasteiger partial charge on any atom is -0.202 e. The largest absolute Gasteiger partial charge is 0.202 e. The Hall–Kier alpha value is -0.850. The molecule has 0 amide bonds. The van der Waals surface area contributed by atoms with Gasteiger partial charge in [0.05, 0.1) is 0 Å². The summed E-state index contributed by atoms with van der Waals surface area (Å²) in [7, 11) is 0. The van der Waals surface area contributed by atoms with E-state index in [1.165, 1.54) is 180 Å². The van der Waals surface area contributed by atoms with Crippen molar-refractivity contribution in [3.05, 3.63) is 30.1 Å². The fourth-order valence-electron chi connectivity index (χ4n) is 5.58. The summed E-state index contributed by atoms with van der Waals surface area (Å²) in [6.07, 6.45) is 40.9. The van der Waals surface area contributed by atoms with Crippen LogP contribution in [-0.4, -0.2) is 0 Å². The van der Waals surface area contributed by atoms with E-state index in [0.717, 1.165) is 0 Å². The smallest absolute Gasteiger partial charge is 0.181 e. The van der Waals surface area contributed by atoms with E-state index in [-0.39, 0.29) is 0 Å². The number of unbranched alkanes of at least 4 members (excludes halogenated alkanes) is 24. The van der Waals surface area contributed by atoms with Gasteiger partial charge in [0.25, 0.3) is 0 Å². The topological polar surface area (TPSA) is 3.88 Å². The Balaban J connectivity index is 1.94. The number of aryl methyl sites for hydroxylation is 2. The van der Waals surface area contributed by atoms with Crippen molar-refractivity contribution in [1.82, 2.24) is 0 Å². The molecule has 36 heavy (non-hydrogen) atoms. The van der Waals surface area contributed by atoms with Crippen LogP contribution in [-0.2, 0) is 13.0 Å². The van der Waals surface area contributed by atoms with E-state index in [2.05, 4.69) is 42.8 Å². The fraction of sp³-hybridized carbons (Fsp3) is 0.857. The van der Waals surface area contributed by atoms with Gasteiger partial charge in [0.15, 0.2) is 11.9 Å². The van der Waals surface area contributed by atoms with Gasteiger partial charge in [-0.25, -0.2) is 4.57 Å². The summed E-state index contributed by atoms with van der Waals surface area (Å²) < 4.78 is 2.54. The molecule has 0 aliphatic carbocycles. The zero-order valence-electron chi connectivity index (χ0n) is 25.1. The van der Waals surface area contributed by atoms with E-state index in [1.807, 2.05) is 0 Å². The van der Waals surface area contributed by atoms with Crippen molar-refractivity contribution in [1.29, 1.82) is 0 Å². The quantitative estimate of drug-likeness (QED) is 0.0795. The summed E-state index contributed by atoms with van der Waals surface area (Å²) in [4.78, 5) is 0. The van der Waals surface area contributed by atoms with Crippen molar-refractivity contribution in [3.8, 4) is 0 Å². The molecule has 0 aliphatic heterocycles. The molecule has 1 aromatic heterocycles. The summed E-state index contributed by atoms with van der Waals surface area (Å²) in [6, 6.07) is 6.82. The second kappa shape index (κ2) is 27.2. The predicted octanol–water partition coefficient (Wildman–Crippen LogP) is 11.7. The molecule has 0 spiro atoms. The molecule has 1 heterocycles. The van der Waals surface area contributed by atoms with Crippen LogP contribution in [0.5, 0.6) is 0 Å². The fourth-order valence-corrected chi connectivity index (χ4v) is 5.58. The molecule has 0 bridgehead atoms. The maximum atomic E-state index is 2.54. The van der Waals surface area contributed by atoms with Crippen LogP contribution in [0.1, 0.15) is 186 Å². The van der Waals surface area contributed by atoms with Crippen LogP contribution in [0, 0.1) is 0 Å². The van der Waals surface area contributed by atoms with Crippen molar-refractivity contribution in [2.75, 3.05) is 0 Å². The Bertz CT molecular complexity index is 551. The molecule has 0 aliphatic rings. The molecule has 1 aromatic rings. The number of nitrogens with zero attached hydrogens (tertiary/aromatic N) is 1. The molecular weight excluding hydrogens is 434 g/mol.